The van der Waals surface area contributed by atoms with Crippen LogP contribution in [0.4, 0.5) is 4.79 Å². The maximum absolute atomic E-state index is 12.5. The zero-order valence-corrected chi connectivity index (χ0v) is 15.8. The van der Waals surface area contributed by atoms with E-state index in [-0.39, 0.29) is 12.8 Å². The lowest BCUT2D eigenvalue weighted by Crippen LogP contribution is -2.48. The van der Waals surface area contributed by atoms with Crippen LogP contribution in [-0.2, 0) is 18.0 Å². The van der Waals surface area contributed by atoms with Gasteiger partial charge in [0.25, 0.3) is 0 Å². The largest absolute Gasteiger partial charge is 0.428 e. The van der Waals surface area contributed by atoms with E-state index in [0.717, 1.165) is 26.2 Å². The van der Waals surface area contributed by atoms with Gasteiger partial charge in [0.05, 0.1) is 6.67 Å². The van der Waals surface area contributed by atoms with Crippen LogP contribution in [0.3, 0.4) is 0 Å². The molecule has 6 heteroatoms. The van der Waals surface area contributed by atoms with Gasteiger partial charge >= 0.3 is 6.09 Å². The molecule has 142 valence electrons. The SMILES string of the molecule is CN1CN(Cc2ccccc2)CC2=C1CCN(C(=O)OCn1cccc1)C2. The van der Waals surface area contributed by atoms with Crippen molar-refractivity contribution < 1.29 is 9.53 Å². The number of carbonyl (C=O) groups excluding carboxylic acids is 1. The van der Waals surface area contributed by atoms with Crippen LogP contribution in [0, 0.1) is 0 Å². The van der Waals surface area contributed by atoms with Crippen LogP contribution in [0.25, 0.3) is 0 Å². The molecule has 0 fully saturated rings. The summed E-state index contributed by atoms with van der Waals surface area (Å²) in [5.74, 6) is 0. The number of benzene rings is 1. The Kier molecular flexibility index (Phi) is 5.16. The average molecular weight is 366 g/mol. The standard InChI is InChI=1S/C21H26N4O2/c1-22-16-24(13-18-7-3-2-4-8-18)14-19-15-25(12-9-20(19)22)21(26)27-17-23-10-5-6-11-23/h2-8,10-11H,9,12-17H2,1H3. The molecule has 0 aliphatic carbocycles. The van der Waals surface area contributed by atoms with Gasteiger partial charge in [-0.05, 0) is 23.3 Å². The van der Waals surface area contributed by atoms with E-state index in [1.165, 1.54) is 16.8 Å². The van der Waals surface area contributed by atoms with Gasteiger partial charge in [-0.25, -0.2) is 4.79 Å². The molecule has 1 aromatic carbocycles. The second-order valence-electron chi connectivity index (χ2n) is 7.27. The Hall–Kier alpha value is -2.73. The molecule has 27 heavy (non-hydrogen) atoms. The second-order valence-corrected chi connectivity index (χ2v) is 7.27. The molecule has 3 heterocycles. The number of ether oxygens (including phenoxy) is 1. The molecule has 0 spiro atoms. The lowest BCUT2D eigenvalue weighted by Gasteiger charge is -2.42. The third-order valence-corrected chi connectivity index (χ3v) is 5.21. The summed E-state index contributed by atoms with van der Waals surface area (Å²) in [6.45, 7) is 4.36. The van der Waals surface area contributed by atoms with E-state index in [2.05, 4.69) is 41.1 Å². The first-order valence-corrected chi connectivity index (χ1v) is 9.40. The van der Waals surface area contributed by atoms with E-state index in [1.54, 1.807) is 0 Å². The Morgan fingerprint density at radius 1 is 1.07 bits per heavy atom. The Morgan fingerprint density at radius 2 is 1.85 bits per heavy atom. The molecule has 0 unspecified atom stereocenters. The summed E-state index contributed by atoms with van der Waals surface area (Å²) in [6.07, 6.45) is 4.44. The maximum Gasteiger partial charge on any atom is 0.411 e. The lowest BCUT2D eigenvalue weighted by atomic mass is 10.0. The number of hydrogen-bond acceptors (Lipinski definition) is 4. The third-order valence-electron chi connectivity index (χ3n) is 5.21. The van der Waals surface area contributed by atoms with Gasteiger partial charge in [0.15, 0.2) is 6.73 Å². The van der Waals surface area contributed by atoms with Crippen LogP contribution in [0.1, 0.15) is 12.0 Å². The van der Waals surface area contributed by atoms with Crippen molar-refractivity contribution in [3.05, 3.63) is 71.7 Å². The minimum Gasteiger partial charge on any atom is -0.428 e. The fourth-order valence-electron chi connectivity index (χ4n) is 3.91. The van der Waals surface area contributed by atoms with E-state index in [4.69, 9.17) is 4.74 Å². The van der Waals surface area contributed by atoms with Crippen molar-refractivity contribution >= 4 is 6.09 Å². The molecular weight excluding hydrogens is 340 g/mol. The molecule has 1 amide bonds. The summed E-state index contributed by atoms with van der Waals surface area (Å²) in [7, 11) is 2.15. The Balaban J connectivity index is 1.37. The molecular formula is C21H26N4O2. The fourth-order valence-corrected chi connectivity index (χ4v) is 3.91. The number of amides is 1. The lowest BCUT2D eigenvalue weighted by molar-refractivity contribution is 0.0701. The Bertz CT molecular complexity index is 801. The van der Waals surface area contributed by atoms with Crippen molar-refractivity contribution in [2.45, 2.75) is 19.7 Å². The highest BCUT2D eigenvalue weighted by molar-refractivity contribution is 5.68. The van der Waals surface area contributed by atoms with Gasteiger partial charge < -0.3 is 19.1 Å². The second kappa shape index (κ2) is 7.88. The maximum atomic E-state index is 12.5. The highest BCUT2D eigenvalue weighted by atomic mass is 16.6. The van der Waals surface area contributed by atoms with Crippen molar-refractivity contribution in [1.82, 2.24) is 19.3 Å². The molecule has 2 aromatic rings. The van der Waals surface area contributed by atoms with E-state index >= 15 is 0 Å². The van der Waals surface area contributed by atoms with Crippen molar-refractivity contribution in [3.63, 3.8) is 0 Å². The molecule has 6 nitrogen and oxygen atoms in total. The quantitative estimate of drug-likeness (QED) is 0.834. The van der Waals surface area contributed by atoms with Gasteiger partial charge in [-0.15, -0.1) is 0 Å². The van der Waals surface area contributed by atoms with E-state index in [0.29, 0.717) is 13.1 Å². The predicted molar refractivity (Wildman–Crippen MR) is 104 cm³/mol. The molecule has 2 aliphatic heterocycles. The molecule has 4 rings (SSSR count). The molecule has 0 N–H and O–H groups in total. The highest BCUT2D eigenvalue weighted by Crippen LogP contribution is 2.26. The molecule has 1 aromatic heterocycles. The average Bonchev–Trinajstić information content (AvgIpc) is 3.20. The van der Waals surface area contributed by atoms with E-state index in [1.807, 2.05) is 40.1 Å². The van der Waals surface area contributed by atoms with Crippen LogP contribution in [0.2, 0.25) is 0 Å². The van der Waals surface area contributed by atoms with Gasteiger partial charge in [0.2, 0.25) is 0 Å². The van der Waals surface area contributed by atoms with Gasteiger partial charge in [-0.1, -0.05) is 30.3 Å². The summed E-state index contributed by atoms with van der Waals surface area (Å²) < 4.78 is 7.30. The van der Waals surface area contributed by atoms with Crippen LogP contribution < -0.4 is 0 Å². The molecule has 0 atom stereocenters. The topological polar surface area (TPSA) is 40.9 Å². The van der Waals surface area contributed by atoms with Crippen LogP contribution >= 0.6 is 0 Å². The van der Waals surface area contributed by atoms with Gasteiger partial charge in [-0.2, -0.15) is 0 Å². The van der Waals surface area contributed by atoms with Crippen LogP contribution in [0.15, 0.2) is 66.1 Å². The molecule has 0 saturated carbocycles. The number of rotatable bonds is 4. The first-order chi connectivity index (χ1) is 13.2. The van der Waals surface area contributed by atoms with Gasteiger partial charge in [0.1, 0.15) is 0 Å². The molecule has 2 aliphatic rings. The zero-order chi connectivity index (χ0) is 18.6. The van der Waals surface area contributed by atoms with Crippen molar-refractivity contribution in [3.8, 4) is 0 Å². The molecule has 0 radical (unpaired) electrons. The third kappa shape index (κ3) is 4.17. The summed E-state index contributed by atoms with van der Waals surface area (Å²) in [4.78, 5) is 19.0. The molecule has 0 saturated heterocycles. The highest BCUT2D eigenvalue weighted by Gasteiger charge is 2.30. The first kappa shape index (κ1) is 17.7. The minimum absolute atomic E-state index is 0.238. The fraction of sp³-hybridized carbons (Fsp3) is 0.381. The summed E-state index contributed by atoms with van der Waals surface area (Å²) in [6, 6.07) is 14.4. The number of carbonyl (C=O) groups is 1. The monoisotopic (exact) mass is 366 g/mol. The first-order valence-electron chi connectivity index (χ1n) is 9.40. The van der Waals surface area contributed by atoms with Gasteiger partial charge in [-0.3, -0.25) is 4.90 Å². The van der Waals surface area contributed by atoms with E-state index in [9.17, 15) is 4.79 Å². The van der Waals surface area contributed by atoms with Crippen molar-refractivity contribution in [2.24, 2.45) is 0 Å². The summed E-state index contributed by atoms with van der Waals surface area (Å²) >= 11 is 0. The Morgan fingerprint density at radius 3 is 2.63 bits per heavy atom. The van der Waals surface area contributed by atoms with Crippen LogP contribution in [-0.4, -0.2) is 58.7 Å². The number of hydrogen-bond donors (Lipinski definition) is 0. The number of aromatic nitrogens is 1. The van der Waals surface area contributed by atoms with Crippen molar-refractivity contribution in [2.75, 3.05) is 33.4 Å². The number of nitrogens with zero attached hydrogens (tertiary/aromatic N) is 4. The summed E-state index contributed by atoms with van der Waals surface area (Å²) in [5.41, 5.74) is 4.02. The van der Waals surface area contributed by atoms with Crippen LogP contribution in [0.5, 0.6) is 0 Å². The Labute approximate surface area is 160 Å². The van der Waals surface area contributed by atoms with Gasteiger partial charge in [0, 0.05) is 57.7 Å². The zero-order valence-electron chi connectivity index (χ0n) is 15.8. The predicted octanol–water partition coefficient (Wildman–Crippen LogP) is 2.95. The smallest absolute Gasteiger partial charge is 0.411 e. The normalized spacial score (nSPS) is 17.8. The minimum atomic E-state index is -0.238. The summed E-state index contributed by atoms with van der Waals surface area (Å²) in [5, 5.41) is 0. The van der Waals surface area contributed by atoms with E-state index < -0.39 is 0 Å². The molecule has 0 bridgehead atoms. The van der Waals surface area contributed by atoms with Crippen molar-refractivity contribution in [1.29, 1.82) is 0 Å².